The third-order valence-corrected chi connectivity index (χ3v) is 6.37. The Balaban J connectivity index is 1.58. The molecule has 3 atom stereocenters. The zero-order valence-electron chi connectivity index (χ0n) is 13.6. The Morgan fingerprint density at radius 3 is 2.57 bits per heavy atom. The fourth-order valence-electron chi connectivity index (χ4n) is 4.11. The fraction of sp³-hybridized carbons (Fsp3) is 0.824. The highest BCUT2D eigenvalue weighted by molar-refractivity contribution is 7.09. The van der Waals surface area contributed by atoms with E-state index in [4.69, 9.17) is 0 Å². The van der Waals surface area contributed by atoms with Crippen molar-refractivity contribution < 1.29 is 0 Å². The molecule has 1 saturated carbocycles. The first kappa shape index (κ1) is 15.4. The van der Waals surface area contributed by atoms with E-state index in [2.05, 4.69) is 41.4 Å². The van der Waals surface area contributed by atoms with Crippen LogP contribution in [0.1, 0.15) is 51.0 Å². The molecule has 0 aromatic carbocycles. The molecule has 118 valence electrons. The van der Waals surface area contributed by atoms with E-state index in [0.717, 1.165) is 24.4 Å². The zero-order valence-corrected chi connectivity index (χ0v) is 14.4. The summed E-state index contributed by atoms with van der Waals surface area (Å²) in [6.45, 7) is 10.6. The molecule has 0 spiro atoms. The van der Waals surface area contributed by atoms with Crippen LogP contribution in [-0.4, -0.2) is 41.6 Å². The van der Waals surface area contributed by atoms with E-state index in [1.165, 1.54) is 37.4 Å². The Labute approximate surface area is 133 Å². The molecule has 1 aromatic heterocycles. The normalized spacial score (nSPS) is 31.5. The maximum atomic E-state index is 4.46. The van der Waals surface area contributed by atoms with Gasteiger partial charge in [-0.25, -0.2) is 4.98 Å². The summed E-state index contributed by atoms with van der Waals surface area (Å²) in [6.07, 6.45) is 6.17. The number of nitrogens with one attached hydrogen (secondary N) is 1. The summed E-state index contributed by atoms with van der Waals surface area (Å²) in [5, 5.41) is 7.27. The lowest BCUT2D eigenvalue weighted by molar-refractivity contribution is 0.0293. The number of likely N-dealkylation sites (tertiary alicyclic amines) is 1. The third kappa shape index (κ3) is 3.49. The summed E-state index contributed by atoms with van der Waals surface area (Å²) in [7, 11) is 0. The van der Waals surface area contributed by atoms with Gasteiger partial charge < -0.3 is 10.2 Å². The van der Waals surface area contributed by atoms with Gasteiger partial charge in [0.05, 0.1) is 5.01 Å². The van der Waals surface area contributed by atoms with Crippen molar-refractivity contribution in [2.75, 3.05) is 19.6 Å². The second kappa shape index (κ2) is 6.76. The summed E-state index contributed by atoms with van der Waals surface area (Å²) in [5.41, 5.74) is 0. The van der Waals surface area contributed by atoms with E-state index in [-0.39, 0.29) is 0 Å². The van der Waals surface area contributed by atoms with E-state index >= 15 is 0 Å². The number of hydrogen-bond acceptors (Lipinski definition) is 4. The largest absolute Gasteiger partial charge is 0.313 e. The first-order chi connectivity index (χ1) is 10.1. The summed E-state index contributed by atoms with van der Waals surface area (Å²) in [6, 6.07) is 1.43. The third-order valence-electron chi connectivity index (χ3n) is 5.37. The highest BCUT2D eigenvalue weighted by Crippen LogP contribution is 2.36. The first-order valence-electron chi connectivity index (χ1n) is 8.52. The molecule has 4 heteroatoms. The monoisotopic (exact) mass is 307 g/mol. The van der Waals surface area contributed by atoms with Crippen molar-refractivity contribution in [3.63, 3.8) is 0 Å². The molecule has 1 N–H and O–H groups in total. The van der Waals surface area contributed by atoms with Crippen LogP contribution in [0.3, 0.4) is 0 Å². The Morgan fingerprint density at radius 2 is 2.00 bits per heavy atom. The minimum absolute atomic E-state index is 0.536. The van der Waals surface area contributed by atoms with Crippen LogP contribution in [-0.2, 0) is 0 Å². The van der Waals surface area contributed by atoms with Crippen LogP contribution in [0.4, 0.5) is 0 Å². The average molecular weight is 308 g/mol. The molecule has 2 aliphatic rings. The first-order valence-corrected chi connectivity index (χ1v) is 9.40. The standard InChI is InChI=1S/C17H29N3S/c1-12(2)20-10-14-5-4-6-15(11-20)16(14)19-9-13(3)17-18-7-8-21-17/h7-8,12-16,19H,4-6,9-11H2,1-3H3. The molecule has 0 amide bonds. The van der Waals surface area contributed by atoms with E-state index in [9.17, 15) is 0 Å². The molecule has 0 radical (unpaired) electrons. The maximum Gasteiger partial charge on any atom is 0.0965 e. The number of aromatic nitrogens is 1. The van der Waals surface area contributed by atoms with Crippen molar-refractivity contribution in [2.45, 2.75) is 58.0 Å². The molecule has 2 heterocycles. The van der Waals surface area contributed by atoms with Gasteiger partial charge in [-0.3, -0.25) is 0 Å². The predicted octanol–water partition coefficient (Wildman–Crippen LogP) is 3.35. The van der Waals surface area contributed by atoms with Gasteiger partial charge in [0.1, 0.15) is 0 Å². The quantitative estimate of drug-likeness (QED) is 0.904. The topological polar surface area (TPSA) is 28.2 Å². The Hall–Kier alpha value is -0.450. The second-order valence-electron chi connectivity index (χ2n) is 7.20. The molecule has 3 rings (SSSR count). The van der Waals surface area contributed by atoms with Crippen LogP contribution in [0.15, 0.2) is 11.6 Å². The summed E-state index contributed by atoms with van der Waals surface area (Å²) >= 11 is 1.78. The van der Waals surface area contributed by atoms with Gasteiger partial charge in [-0.1, -0.05) is 13.3 Å². The molecule has 1 aliphatic heterocycles. The SMILES string of the molecule is CC(CNC1C2CCCC1CN(C(C)C)C2)c1nccs1. The number of rotatable bonds is 5. The number of nitrogens with zero attached hydrogens (tertiary/aromatic N) is 2. The van der Waals surface area contributed by atoms with Gasteiger partial charge in [0.15, 0.2) is 0 Å². The van der Waals surface area contributed by atoms with E-state index in [1.54, 1.807) is 11.3 Å². The number of thiazole rings is 1. The van der Waals surface area contributed by atoms with Crippen molar-refractivity contribution in [1.82, 2.24) is 15.2 Å². The van der Waals surface area contributed by atoms with Crippen molar-refractivity contribution in [1.29, 1.82) is 0 Å². The van der Waals surface area contributed by atoms with Gasteiger partial charge in [-0.15, -0.1) is 11.3 Å². The van der Waals surface area contributed by atoms with Crippen molar-refractivity contribution in [2.24, 2.45) is 11.8 Å². The molecule has 2 fully saturated rings. The van der Waals surface area contributed by atoms with E-state index < -0.39 is 0 Å². The summed E-state index contributed by atoms with van der Waals surface area (Å²) < 4.78 is 0. The molecule has 1 aliphatic carbocycles. The Bertz CT molecular complexity index is 417. The molecule has 1 aromatic rings. The van der Waals surface area contributed by atoms with Gasteiger partial charge in [-0.05, 0) is 38.5 Å². The van der Waals surface area contributed by atoms with Crippen molar-refractivity contribution >= 4 is 11.3 Å². The lowest BCUT2D eigenvalue weighted by Gasteiger charge is -2.49. The zero-order chi connectivity index (χ0) is 14.8. The lowest BCUT2D eigenvalue weighted by Crippen LogP contribution is -2.58. The minimum atomic E-state index is 0.536. The summed E-state index contributed by atoms with van der Waals surface area (Å²) in [4.78, 5) is 7.15. The van der Waals surface area contributed by atoms with Gasteiger partial charge in [0.2, 0.25) is 0 Å². The van der Waals surface area contributed by atoms with Crippen LogP contribution in [0.25, 0.3) is 0 Å². The van der Waals surface area contributed by atoms with E-state index in [1.807, 2.05) is 6.20 Å². The van der Waals surface area contributed by atoms with Crippen LogP contribution in [0.2, 0.25) is 0 Å². The Morgan fingerprint density at radius 1 is 1.29 bits per heavy atom. The van der Waals surface area contributed by atoms with Crippen molar-refractivity contribution in [3.8, 4) is 0 Å². The maximum absolute atomic E-state index is 4.46. The average Bonchev–Trinajstić information content (AvgIpc) is 2.97. The van der Waals surface area contributed by atoms with E-state index in [0.29, 0.717) is 12.0 Å². The molecule has 3 nitrogen and oxygen atoms in total. The number of fused-ring (bicyclic) bond motifs is 2. The fourth-order valence-corrected chi connectivity index (χ4v) is 4.80. The smallest absolute Gasteiger partial charge is 0.0965 e. The molecular weight excluding hydrogens is 278 g/mol. The van der Waals surface area contributed by atoms with Crippen LogP contribution >= 0.6 is 11.3 Å². The predicted molar refractivity (Wildman–Crippen MR) is 89.9 cm³/mol. The minimum Gasteiger partial charge on any atom is -0.313 e. The molecule has 1 saturated heterocycles. The summed E-state index contributed by atoms with van der Waals surface area (Å²) in [5.74, 6) is 2.24. The van der Waals surface area contributed by atoms with Crippen LogP contribution < -0.4 is 5.32 Å². The second-order valence-corrected chi connectivity index (χ2v) is 8.13. The molecule has 3 unspecified atom stereocenters. The van der Waals surface area contributed by atoms with Gasteiger partial charge in [0, 0.05) is 49.2 Å². The van der Waals surface area contributed by atoms with Crippen LogP contribution in [0, 0.1) is 11.8 Å². The van der Waals surface area contributed by atoms with Crippen molar-refractivity contribution in [3.05, 3.63) is 16.6 Å². The van der Waals surface area contributed by atoms with Gasteiger partial charge >= 0.3 is 0 Å². The van der Waals surface area contributed by atoms with Gasteiger partial charge in [0.25, 0.3) is 0 Å². The number of hydrogen-bond donors (Lipinski definition) is 1. The molecule has 2 bridgehead atoms. The van der Waals surface area contributed by atoms with Crippen LogP contribution in [0.5, 0.6) is 0 Å². The number of piperidine rings is 1. The lowest BCUT2D eigenvalue weighted by atomic mass is 9.73. The highest BCUT2D eigenvalue weighted by Gasteiger charge is 2.39. The molecular formula is C17H29N3S. The molecule has 21 heavy (non-hydrogen) atoms. The Kier molecular flexibility index (Phi) is 4.97. The highest BCUT2D eigenvalue weighted by atomic mass is 32.1. The van der Waals surface area contributed by atoms with Gasteiger partial charge in [-0.2, -0.15) is 0 Å².